The smallest absolute Gasteiger partial charge is 0.220 e. The topological polar surface area (TPSA) is 81.6 Å². The van der Waals surface area contributed by atoms with Gasteiger partial charge in [0.2, 0.25) is 5.91 Å². The zero-order chi connectivity index (χ0) is 16.0. The summed E-state index contributed by atoms with van der Waals surface area (Å²) >= 11 is 0. The minimum Gasteiger partial charge on any atom is -0.395 e. The maximum Gasteiger partial charge on any atom is 0.220 e. The van der Waals surface area contributed by atoms with E-state index in [1.165, 1.54) is 5.56 Å². The minimum absolute atomic E-state index is 0.0702. The van der Waals surface area contributed by atoms with E-state index in [1.807, 2.05) is 18.2 Å². The highest BCUT2D eigenvalue weighted by Crippen LogP contribution is 2.26. The van der Waals surface area contributed by atoms with Crippen molar-refractivity contribution in [3.05, 3.63) is 35.9 Å². The summed E-state index contributed by atoms with van der Waals surface area (Å²) in [5.74, 6) is -0.0702. The van der Waals surface area contributed by atoms with Gasteiger partial charge in [0.15, 0.2) is 0 Å². The molecule has 1 aliphatic rings. The molecule has 22 heavy (non-hydrogen) atoms. The van der Waals surface area contributed by atoms with E-state index in [0.29, 0.717) is 19.4 Å². The van der Waals surface area contributed by atoms with Crippen LogP contribution in [0.3, 0.4) is 0 Å². The van der Waals surface area contributed by atoms with Crippen molar-refractivity contribution in [2.75, 3.05) is 13.2 Å². The highest BCUT2D eigenvalue weighted by atomic mass is 16.3. The Morgan fingerprint density at radius 3 is 2.73 bits per heavy atom. The molecule has 1 aliphatic heterocycles. The van der Waals surface area contributed by atoms with Crippen LogP contribution in [0.5, 0.6) is 0 Å². The standard InChI is InChI=1S/C17H26N2O3/c1-2-15(21)19-17(12-18-14(11-20)16(17)22)10-6-9-13-7-4-3-5-8-13/h3-5,7-8,14,16,18,20,22H,2,6,9-12H2,1H3,(H,19,21)/t14-,16+,17-/m0/s1. The normalized spacial score (nSPS) is 27.8. The second kappa shape index (κ2) is 7.72. The molecule has 2 rings (SSSR count). The third kappa shape index (κ3) is 3.85. The van der Waals surface area contributed by atoms with Gasteiger partial charge in [-0.1, -0.05) is 37.3 Å². The van der Waals surface area contributed by atoms with Gasteiger partial charge in [0.1, 0.15) is 0 Å². The summed E-state index contributed by atoms with van der Waals surface area (Å²) in [7, 11) is 0. The van der Waals surface area contributed by atoms with Crippen molar-refractivity contribution in [1.82, 2.24) is 10.6 Å². The molecule has 1 saturated heterocycles. The first kappa shape index (κ1) is 16.9. The molecule has 1 amide bonds. The summed E-state index contributed by atoms with van der Waals surface area (Å²) < 4.78 is 0. The van der Waals surface area contributed by atoms with Crippen LogP contribution in [0, 0.1) is 0 Å². The number of aryl methyl sites for hydroxylation is 1. The van der Waals surface area contributed by atoms with Crippen LogP contribution < -0.4 is 10.6 Å². The van der Waals surface area contributed by atoms with Gasteiger partial charge in [0.05, 0.1) is 24.3 Å². The molecule has 1 fully saturated rings. The number of amides is 1. The van der Waals surface area contributed by atoms with E-state index in [2.05, 4.69) is 22.8 Å². The first-order valence-corrected chi connectivity index (χ1v) is 7.98. The molecule has 0 spiro atoms. The summed E-state index contributed by atoms with van der Waals surface area (Å²) in [6, 6.07) is 9.79. The molecule has 5 heteroatoms. The number of carbonyl (C=O) groups excluding carboxylic acids is 1. The number of hydrogen-bond acceptors (Lipinski definition) is 4. The maximum absolute atomic E-state index is 11.8. The van der Waals surface area contributed by atoms with Crippen LogP contribution in [-0.2, 0) is 11.2 Å². The molecule has 0 bridgehead atoms. The molecule has 0 aliphatic carbocycles. The fourth-order valence-corrected chi connectivity index (χ4v) is 3.11. The molecular formula is C17H26N2O3. The molecule has 5 nitrogen and oxygen atoms in total. The highest BCUT2D eigenvalue weighted by molar-refractivity contribution is 5.76. The zero-order valence-corrected chi connectivity index (χ0v) is 13.1. The van der Waals surface area contributed by atoms with E-state index >= 15 is 0 Å². The van der Waals surface area contributed by atoms with E-state index < -0.39 is 11.6 Å². The van der Waals surface area contributed by atoms with Crippen molar-refractivity contribution in [3.8, 4) is 0 Å². The Labute approximate surface area is 131 Å². The lowest BCUT2D eigenvalue weighted by atomic mass is 9.86. The SMILES string of the molecule is CCC(=O)N[C@@]1(CCCc2ccccc2)CN[C@@H](CO)[C@H]1O. The van der Waals surface area contributed by atoms with Crippen molar-refractivity contribution >= 4 is 5.91 Å². The second-order valence-electron chi connectivity index (χ2n) is 6.01. The zero-order valence-electron chi connectivity index (χ0n) is 13.1. The molecule has 122 valence electrons. The van der Waals surface area contributed by atoms with Crippen molar-refractivity contribution in [3.63, 3.8) is 0 Å². The first-order valence-electron chi connectivity index (χ1n) is 7.98. The van der Waals surface area contributed by atoms with E-state index in [4.69, 9.17) is 0 Å². The fraction of sp³-hybridized carbons (Fsp3) is 0.588. The monoisotopic (exact) mass is 306 g/mol. The lowest BCUT2D eigenvalue weighted by Gasteiger charge is -2.34. The average Bonchev–Trinajstić information content (AvgIpc) is 2.85. The number of aliphatic hydroxyl groups excluding tert-OH is 2. The molecule has 1 aromatic carbocycles. The van der Waals surface area contributed by atoms with Crippen LogP contribution in [0.1, 0.15) is 31.7 Å². The van der Waals surface area contributed by atoms with Crippen molar-refractivity contribution in [1.29, 1.82) is 0 Å². The van der Waals surface area contributed by atoms with Gasteiger partial charge in [0, 0.05) is 13.0 Å². The average molecular weight is 306 g/mol. The van der Waals surface area contributed by atoms with E-state index in [1.54, 1.807) is 6.92 Å². The number of hydrogen-bond donors (Lipinski definition) is 4. The second-order valence-corrected chi connectivity index (χ2v) is 6.01. The largest absolute Gasteiger partial charge is 0.395 e. The lowest BCUT2D eigenvalue weighted by molar-refractivity contribution is -0.124. The third-order valence-corrected chi connectivity index (χ3v) is 4.46. The minimum atomic E-state index is -0.774. The molecular weight excluding hydrogens is 280 g/mol. The van der Waals surface area contributed by atoms with Gasteiger partial charge in [-0.2, -0.15) is 0 Å². The van der Waals surface area contributed by atoms with E-state index in [0.717, 1.165) is 12.8 Å². The predicted molar refractivity (Wildman–Crippen MR) is 85.4 cm³/mol. The van der Waals surface area contributed by atoms with Crippen LogP contribution in [0.15, 0.2) is 30.3 Å². The first-order chi connectivity index (χ1) is 10.6. The number of nitrogens with one attached hydrogen (secondary N) is 2. The van der Waals surface area contributed by atoms with Gasteiger partial charge in [0.25, 0.3) is 0 Å². The molecule has 0 unspecified atom stereocenters. The van der Waals surface area contributed by atoms with Gasteiger partial charge in [-0.3, -0.25) is 4.79 Å². The summed E-state index contributed by atoms with van der Waals surface area (Å²) in [6.45, 7) is 2.15. The van der Waals surface area contributed by atoms with Crippen LogP contribution in [0.4, 0.5) is 0 Å². The molecule has 0 aromatic heterocycles. The Bertz CT molecular complexity index is 480. The summed E-state index contributed by atoms with van der Waals surface area (Å²) in [6.07, 6.45) is 2.06. The van der Waals surface area contributed by atoms with Crippen LogP contribution in [0.25, 0.3) is 0 Å². The van der Waals surface area contributed by atoms with E-state index in [-0.39, 0.29) is 18.6 Å². The molecule has 3 atom stereocenters. The maximum atomic E-state index is 11.8. The van der Waals surface area contributed by atoms with Gasteiger partial charge in [-0.15, -0.1) is 0 Å². The van der Waals surface area contributed by atoms with Gasteiger partial charge in [-0.05, 0) is 24.8 Å². The lowest BCUT2D eigenvalue weighted by Crippen LogP contribution is -2.57. The Balaban J connectivity index is 2.00. The van der Waals surface area contributed by atoms with Crippen LogP contribution >= 0.6 is 0 Å². The van der Waals surface area contributed by atoms with Crippen LogP contribution in [0.2, 0.25) is 0 Å². The predicted octanol–water partition coefficient (Wildman–Crippen LogP) is 0.599. The number of rotatable bonds is 7. The molecule has 0 radical (unpaired) electrons. The van der Waals surface area contributed by atoms with Gasteiger partial charge < -0.3 is 20.8 Å². The Hall–Kier alpha value is -1.43. The quantitative estimate of drug-likeness (QED) is 0.595. The Kier molecular flexibility index (Phi) is 5.94. The summed E-state index contributed by atoms with van der Waals surface area (Å²) in [5, 5.41) is 25.9. The van der Waals surface area contributed by atoms with Crippen molar-refractivity contribution in [2.24, 2.45) is 0 Å². The Morgan fingerprint density at radius 2 is 2.14 bits per heavy atom. The molecule has 1 heterocycles. The number of benzene rings is 1. The third-order valence-electron chi connectivity index (χ3n) is 4.46. The van der Waals surface area contributed by atoms with Crippen molar-refractivity contribution in [2.45, 2.75) is 50.3 Å². The number of aliphatic hydroxyl groups is 2. The molecule has 4 N–H and O–H groups in total. The Morgan fingerprint density at radius 1 is 1.41 bits per heavy atom. The molecule has 1 aromatic rings. The number of carbonyl (C=O) groups is 1. The van der Waals surface area contributed by atoms with Gasteiger partial charge >= 0.3 is 0 Å². The van der Waals surface area contributed by atoms with Crippen LogP contribution in [-0.4, -0.2) is 47.0 Å². The fourth-order valence-electron chi connectivity index (χ4n) is 3.11. The van der Waals surface area contributed by atoms with Crippen molar-refractivity contribution < 1.29 is 15.0 Å². The highest BCUT2D eigenvalue weighted by Gasteiger charge is 2.47. The summed E-state index contributed by atoms with van der Waals surface area (Å²) in [4.78, 5) is 11.8. The summed E-state index contributed by atoms with van der Waals surface area (Å²) in [5.41, 5.74) is 0.563. The van der Waals surface area contributed by atoms with E-state index in [9.17, 15) is 15.0 Å². The molecule has 0 saturated carbocycles. The van der Waals surface area contributed by atoms with Gasteiger partial charge in [-0.25, -0.2) is 0 Å².